The number of hydrogen-bond donors (Lipinski definition) is 2. The molecule has 2 fully saturated rings. The third kappa shape index (κ3) is 2.56. The van der Waals surface area contributed by atoms with Crippen LogP contribution in [0.4, 0.5) is 0 Å². The molecule has 2 unspecified atom stereocenters. The first-order valence-electron chi connectivity index (χ1n) is 6.88. The van der Waals surface area contributed by atoms with Gasteiger partial charge in [0.2, 0.25) is 0 Å². The van der Waals surface area contributed by atoms with E-state index < -0.39 is 5.60 Å². The van der Waals surface area contributed by atoms with Gasteiger partial charge in [-0.05, 0) is 43.7 Å². The molecule has 0 saturated heterocycles. The molecule has 3 rings (SSSR count). The van der Waals surface area contributed by atoms with Crippen molar-refractivity contribution in [3.05, 3.63) is 34.3 Å². The molecule has 0 aliphatic heterocycles. The highest BCUT2D eigenvalue weighted by Crippen LogP contribution is 2.44. The van der Waals surface area contributed by atoms with Gasteiger partial charge in [0, 0.05) is 16.4 Å². The lowest BCUT2D eigenvalue weighted by Gasteiger charge is -2.21. The van der Waals surface area contributed by atoms with Crippen molar-refractivity contribution in [2.24, 2.45) is 0 Å². The number of nitrogens with one attached hydrogen (secondary N) is 1. The van der Waals surface area contributed by atoms with Gasteiger partial charge >= 0.3 is 0 Å². The molecular formula is C15H18BrNO2. The summed E-state index contributed by atoms with van der Waals surface area (Å²) in [5.41, 5.74) is 0.132. The van der Waals surface area contributed by atoms with Gasteiger partial charge in [-0.1, -0.05) is 34.1 Å². The summed E-state index contributed by atoms with van der Waals surface area (Å²) in [6, 6.07) is 8.30. The van der Waals surface area contributed by atoms with Crippen molar-refractivity contribution >= 4 is 21.8 Å². The van der Waals surface area contributed by atoms with Gasteiger partial charge in [0.05, 0.1) is 0 Å². The van der Waals surface area contributed by atoms with E-state index in [1.165, 1.54) is 5.56 Å². The van der Waals surface area contributed by atoms with Crippen LogP contribution >= 0.6 is 15.9 Å². The summed E-state index contributed by atoms with van der Waals surface area (Å²) in [4.78, 5) is 12.1. The van der Waals surface area contributed by atoms with Crippen molar-refractivity contribution in [2.75, 3.05) is 0 Å². The first kappa shape index (κ1) is 13.1. The lowest BCUT2D eigenvalue weighted by atomic mass is 10.0. The van der Waals surface area contributed by atoms with Crippen LogP contribution in [0.5, 0.6) is 0 Å². The zero-order valence-corrected chi connectivity index (χ0v) is 12.3. The summed E-state index contributed by atoms with van der Waals surface area (Å²) in [6.45, 7) is 0. The van der Waals surface area contributed by atoms with Gasteiger partial charge in [-0.3, -0.25) is 4.79 Å². The van der Waals surface area contributed by atoms with Crippen LogP contribution in [0.25, 0.3) is 0 Å². The largest absolute Gasteiger partial charge is 0.380 e. The van der Waals surface area contributed by atoms with E-state index >= 15 is 0 Å². The number of hydrogen-bond acceptors (Lipinski definition) is 2. The Morgan fingerprint density at radius 3 is 2.68 bits per heavy atom. The molecule has 4 heteroatoms. The molecule has 1 amide bonds. The van der Waals surface area contributed by atoms with Crippen LogP contribution in [-0.4, -0.2) is 22.7 Å². The SMILES string of the molecule is O=C(NC1CC1c1ccccc1Br)C1(O)CCCC1. The molecule has 0 aromatic heterocycles. The Balaban J connectivity index is 1.62. The Morgan fingerprint density at radius 1 is 1.32 bits per heavy atom. The van der Waals surface area contributed by atoms with Gasteiger partial charge in [0.1, 0.15) is 5.60 Å². The average Bonchev–Trinajstić information content (AvgIpc) is 2.99. The second-order valence-corrected chi connectivity index (χ2v) is 6.54. The smallest absolute Gasteiger partial charge is 0.252 e. The van der Waals surface area contributed by atoms with Crippen LogP contribution in [0, 0.1) is 0 Å². The fourth-order valence-electron chi connectivity index (χ4n) is 2.96. The highest BCUT2D eigenvalue weighted by atomic mass is 79.9. The zero-order valence-electron chi connectivity index (χ0n) is 10.7. The van der Waals surface area contributed by atoms with Crippen LogP contribution in [0.2, 0.25) is 0 Å². The number of rotatable bonds is 3. The standard InChI is InChI=1S/C15H18BrNO2/c16-12-6-2-1-5-10(12)11-9-13(11)17-14(18)15(19)7-3-4-8-15/h1-2,5-6,11,13,19H,3-4,7-9H2,(H,17,18). The molecule has 3 nitrogen and oxygen atoms in total. The third-order valence-electron chi connectivity index (χ3n) is 4.26. The lowest BCUT2D eigenvalue weighted by Crippen LogP contribution is -2.45. The monoisotopic (exact) mass is 323 g/mol. The second kappa shape index (κ2) is 4.91. The third-order valence-corrected chi connectivity index (χ3v) is 4.99. The highest BCUT2D eigenvalue weighted by Gasteiger charge is 2.45. The second-order valence-electron chi connectivity index (χ2n) is 5.68. The lowest BCUT2D eigenvalue weighted by molar-refractivity contribution is -0.139. The summed E-state index contributed by atoms with van der Waals surface area (Å²) in [5.74, 6) is 0.203. The van der Waals surface area contributed by atoms with Crippen molar-refractivity contribution in [1.29, 1.82) is 0 Å². The van der Waals surface area contributed by atoms with E-state index in [0.29, 0.717) is 18.8 Å². The molecule has 0 spiro atoms. The van der Waals surface area contributed by atoms with Gasteiger partial charge < -0.3 is 10.4 Å². The van der Waals surface area contributed by atoms with E-state index in [0.717, 1.165) is 23.7 Å². The van der Waals surface area contributed by atoms with E-state index in [4.69, 9.17) is 0 Å². The number of halogens is 1. The molecular weight excluding hydrogens is 306 g/mol. The van der Waals surface area contributed by atoms with Gasteiger partial charge in [0.25, 0.3) is 5.91 Å². The molecule has 2 aliphatic carbocycles. The maximum atomic E-state index is 12.1. The van der Waals surface area contributed by atoms with Crippen LogP contribution < -0.4 is 5.32 Å². The summed E-state index contributed by atoms with van der Waals surface area (Å²) in [7, 11) is 0. The first-order chi connectivity index (χ1) is 9.10. The van der Waals surface area contributed by atoms with Crippen LogP contribution in [0.1, 0.15) is 43.6 Å². The van der Waals surface area contributed by atoms with E-state index in [9.17, 15) is 9.90 Å². The van der Waals surface area contributed by atoms with E-state index in [2.05, 4.69) is 27.3 Å². The molecule has 0 radical (unpaired) electrons. The summed E-state index contributed by atoms with van der Waals surface area (Å²) < 4.78 is 1.09. The number of aliphatic hydroxyl groups is 1. The van der Waals surface area contributed by atoms with Crippen molar-refractivity contribution in [2.45, 2.75) is 49.7 Å². The molecule has 2 N–H and O–H groups in total. The quantitative estimate of drug-likeness (QED) is 0.898. The average molecular weight is 324 g/mol. The minimum absolute atomic E-state index is 0.176. The number of carbonyl (C=O) groups is 1. The highest BCUT2D eigenvalue weighted by molar-refractivity contribution is 9.10. The van der Waals surface area contributed by atoms with Gasteiger partial charge in [-0.25, -0.2) is 0 Å². The number of benzene rings is 1. The summed E-state index contributed by atoms with van der Waals surface area (Å²) in [5, 5.41) is 13.2. The van der Waals surface area contributed by atoms with Gasteiger partial charge in [-0.15, -0.1) is 0 Å². The van der Waals surface area contributed by atoms with Crippen molar-refractivity contribution in [3.8, 4) is 0 Å². The van der Waals surface area contributed by atoms with Gasteiger partial charge in [-0.2, -0.15) is 0 Å². The minimum Gasteiger partial charge on any atom is -0.380 e. The predicted octanol–water partition coefficient (Wildman–Crippen LogP) is 2.73. The van der Waals surface area contributed by atoms with E-state index in [1.54, 1.807) is 0 Å². The normalized spacial score (nSPS) is 28.1. The molecule has 19 heavy (non-hydrogen) atoms. The minimum atomic E-state index is -1.11. The van der Waals surface area contributed by atoms with Crippen LogP contribution in [-0.2, 0) is 4.79 Å². The Hall–Kier alpha value is -0.870. The Bertz CT molecular complexity index is 497. The van der Waals surface area contributed by atoms with Gasteiger partial charge in [0.15, 0.2) is 0 Å². The maximum absolute atomic E-state index is 12.1. The summed E-state index contributed by atoms with van der Waals surface area (Å²) in [6.07, 6.45) is 4.06. The molecule has 0 bridgehead atoms. The van der Waals surface area contributed by atoms with Crippen molar-refractivity contribution in [3.63, 3.8) is 0 Å². The van der Waals surface area contributed by atoms with Crippen molar-refractivity contribution in [1.82, 2.24) is 5.32 Å². The maximum Gasteiger partial charge on any atom is 0.252 e. The number of carbonyl (C=O) groups excluding carboxylic acids is 1. The van der Waals surface area contributed by atoms with Crippen LogP contribution in [0.15, 0.2) is 28.7 Å². The zero-order chi connectivity index (χ0) is 13.5. The van der Waals surface area contributed by atoms with E-state index in [1.807, 2.05) is 18.2 Å². The molecule has 1 aromatic rings. The molecule has 2 aliphatic rings. The first-order valence-corrected chi connectivity index (χ1v) is 7.67. The Kier molecular flexibility index (Phi) is 3.39. The molecule has 0 heterocycles. The molecule has 2 atom stereocenters. The Labute approximate surface area is 121 Å². The topological polar surface area (TPSA) is 49.3 Å². The predicted molar refractivity (Wildman–Crippen MR) is 76.8 cm³/mol. The number of amides is 1. The fraction of sp³-hybridized carbons (Fsp3) is 0.533. The molecule has 2 saturated carbocycles. The Morgan fingerprint density at radius 2 is 2.00 bits per heavy atom. The summed E-state index contributed by atoms with van der Waals surface area (Å²) >= 11 is 3.55. The molecule has 102 valence electrons. The van der Waals surface area contributed by atoms with E-state index in [-0.39, 0.29) is 11.9 Å². The molecule has 1 aromatic carbocycles. The fourth-order valence-corrected chi connectivity index (χ4v) is 3.54. The van der Waals surface area contributed by atoms with Crippen LogP contribution in [0.3, 0.4) is 0 Å². The van der Waals surface area contributed by atoms with Crippen molar-refractivity contribution < 1.29 is 9.90 Å².